The molecule has 31 heavy (non-hydrogen) atoms. The molecule has 0 unspecified atom stereocenters. The minimum Gasteiger partial charge on any atom is -0.478 e. The quantitative estimate of drug-likeness (QED) is 0.497. The average molecular weight is 443 g/mol. The monoisotopic (exact) mass is 443 g/mol. The number of nitrogens with zero attached hydrogens (tertiary/aromatic N) is 1. The van der Waals surface area contributed by atoms with Gasteiger partial charge in [0.05, 0.1) is 11.3 Å². The molecular formula is C20H11F6NO4. The normalized spacial score (nSPS) is 11.8. The van der Waals surface area contributed by atoms with E-state index in [1.165, 1.54) is 24.3 Å². The van der Waals surface area contributed by atoms with E-state index in [2.05, 4.69) is 14.5 Å². The largest absolute Gasteiger partial charge is 0.573 e. The van der Waals surface area contributed by atoms with Gasteiger partial charge < -0.3 is 14.6 Å². The van der Waals surface area contributed by atoms with Gasteiger partial charge in [-0.15, -0.1) is 26.3 Å². The molecule has 2 aromatic carbocycles. The Labute approximate surface area is 170 Å². The number of ether oxygens (including phenoxy) is 2. The Morgan fingerprint density at radius 3 is 1.84 bits per heavy atom. The SMILES string of the molecule is O=C(O)c1cc(-c2cccc(OC(F)(F)F)c2)ncc1-c1cccc(OC(F)(F)F)c1. The standard InChI is InChI=1S/C20H11F6NO4/c21-19(22,23)30-13-5-1-3-11(7-13)16-10-27-17(9-15(16)18(28)29)12-4-2-6-14(8-12)31-20(24,25)26/h1-10H,(H,28,29). The van der Waals surface area contributed by atoms with E-state index in [4.69, 9.17) is 0 Å². The summed E-state index contributed by atoms with van der Waals surface area (Å²) in [5, 5.41) is 9.55. The molecule has 0 saturated heterocycles. The Balaban J connectivity index is 2.01. The first-order chi connectivity index (χ1) is 14.4. The minimum atomic E-state index is -4.93. The zero-order chi connectivity index (χ0) is 22.8. The highest BCUT2D eigenvalue weighted by Gasteiger charge is 2.32. The van der Waals surface area contributed by atoms with Gasteiger partial charge in [0, 0.05) is 17.3 Å². The van der Waals surface area contributed by atoms with E-state index in [0.29, 0.717) is 0 Å². The van der Waals surface area contributed by atoms with Crippen LogP contribution >= 0.6 is 0 Å². The summed E-state index contributed by atoms with van der Waals surface area (Å²) in [4.78, 5) is 15.8. The first kappa shape index (κ1) is 21.9. The van der Waals surface area contributed by atoms with Crippen LogP contribution in [0.5, 0.6) is 11.5 Å². The van der Waals surface area contributed by atoms with Crippen molar-refractivity contribution >= 4 is 5.97 Å². The molecule has 0 spiro atoms. The van der Waals surface area contributed by atoms with Crippen molar-refractivity contribution < 1.29 is 45.7 Å². The number of carbonyl (C=O) groups is 1. The van der Waals surface area contributed by atoms with Crippen molar-refractivity contribution in [3.8, 4) is 33.9 Å². The van der Waals surface area contributed by atoms with Crippen LogP contribution in [-0.2, 0) is 0 Å². The second kappa shape index (κ2) is 8.17. The third-order valence-electron chi connectivity index (χ3n) is 3.88. The summed E-state index contributed by atoms with van der Waals surface area (Å²) in [6.07, 6.45) is -8.74. The first-order valence-corrected chi connectivity index (χ1v) is 8.37. The highest BCUT2D eigenvalue weighted by atomic mass is 19.4. The highest BCUT2D eigenvalue weighted by molar-refractivity contribution is 5.97. The van der Waals surface area contributed by atoms with Crippen LogP contribution in [-0.4, -0.2) is 28.8 Å². The van der Waals surface area contributed by atoms with E-state index in [1.54, 1.807) is 0 Å². The number of aromatic nitrogens is 1. The molecule has 0 bridgehead atoms. The summed E-state index contributed by atoms with van der Waals surface area (Å²) in [6, 6.07) is 10.5. The van der Waals surface area contributed by atoms with Crippen molar-refractivity contribution in [2.45, 2.75) is 12.7 Å². The maximum Gasteiger partial charge on any atom is 0.573 e. The lowest BCUT2D eigenvalue weighted by molar-refractivity contribution is -0.275. The fraction of sp³-hybridized carbons (Fsp3) is 0.100. The highest BCUT2D eigenvalue weighted by Crippen LogP contribution is 2.32. The second-order valence-electron chi connectivity index (χ2n) is 6.07. The van der Waals surface area contributed by atoms with Gasteiger partial charge in [0.15, 0.2) is 0 Å². The molecule has 1 N–H and O–H groups in total. The molecule has 0 aliphatic carbocycles. The second-order valence-corrected chi connectivity index (χ2v) is 6.07. The van der Waals surface area contributed by atoms with Crippen LogP contribution in [0.3, 0.4) is 0 Å². The van der Waals surface area contributed by atoms with Crippen molar-refractivity contribution in [2.75, 3.05) is 0 Å². The lowest BCUT2D eigenvalue weighted by atomic mass is 9.99. The van der Waals surface area contributed by atoms with Crippen molar-refractivity contribution in [3.63, 3.8) is 0 Å². The molecular weight excluding hydrogens is 432 g/mol. The third kappa shape index (κ3) is 5.87. The van der Waals surface area contributed by atoms with E-state index >= 15 is 0 Å². The lowest BCUT2D eigenvalue weighted by Crippen LogP contribution is -2.17. The van der Waals surface area contributed by atoms with Gasteiger partial charge in [-0.1, -0.05) is 24.3 Å². The Morgan fingerprint density at radius 1 is 0.806 bits per heavy atom. The van der Waals surface area contributed by atoms with Crippen molar-refractivity contribution in [1.82, 2.24) is 4.98 Å². The van der Waals surface area contributed by atoms with Crippen LogP contribution < -0.4 is 9.47 Å². The molecule has 1 heterocycles. The summed E-state index contributed by atoms with van der Waals surface area (Å²) in [5.41, 5.74) is -0.0725. The zero-order valence-corrected chi connectivity index (χ0v) is 15.2. The molecule has 11 heteroatoms. The van der Waals surface area contributed by atoms with E-state index < -0.39 is 30.2 Å². The topological polar surface area (TPSA) is 68.7 Å². The van der Waals surface area contributed by atoms with Crippen LogP contribution in [0.15, 0.2) is 60.8 Å². The van der Waals surface area contributed by atoms with Crippen LogP contribution in [0, 0.1) is 0 Å². The van der Waals surface area contributed by atoms with Gasteiger partial charge in [0.25, 0.3) is 0 Å². The number of benzene rings is 2. The average Bonchev–Trinajstić information content (AvgIpc) is 2.65. The summed E-state index contributed by atoms with van der Waals surface area (Å²) in [6.45, 7) is 0. The van der Waals surface area contributed by atoms with Crippen LogP contribution in [0.25, 0.3) is 22.4 Å². The molecule has 0 aliphatic rings. The molecule has 3 rings (SSSR count). The molecule has 3 aromatic rings. The summed E-state index contributed by atoms with van der Waals surface area (Å²) in [7, 11) is 0. The molecule has 0 aliphatic heterocycles. The third-order valence-corrected chi connectivity index (χ3v) is 3.88. The van der Waals surface area contributed by atoms with E-state index in [9.17, 15) is 36.2 Å². The van der Waals surface area contributed by atoms with Crippen molar-refractivity contribution in [3.05, 3.63) is 66.4 Å². The number of carboxylic acid groups (broad SMARTS) is 1. The van der Waals surface area contributed by atoms with Gasteiger partial charge in [-0.3, -0.25) is 4.98 Å². The Kier molecular flexibility index (Phi) is 5.78. The van der Waals surface area contributed by atoms with Gasteiger partial charge in [-0.05, 0) is 35.9 Å². The zero-order valence-electron chi connectivity index (χ0n) is 15.2. The predicted octanol–water partition coefficient (Wildman–Crippen LogP) is 5.91. The molecule has 0 radical (unpaired) electrons. The number of rotatable bonds is 5. The number of alkyl halides is 6. The number of carboxylic acids is 1. The maximum atomic E-state index is 12.4. The smallest absolute Gasteiger partial charge is 0.478 e. The van der Waals surface area contributed by atoms with Gasteiger partial charge >= 0.3 is 18.7 Å². The fourth-order valence-corrected chi connectivity index (χ4v) is 2.73. The van der Waals surface area contributed by atoms with Gasteiger partial charge in [0.1, 0.15) is 11.5 Å². The Morgan fingerprint density at radius 2 is 1.32 bits per heavy atom. The Bertz CT molecular complexity index is 1110. The Hall–Kier alpha value is -3.76. The number of hydrogen-bond donors (Lipinski definition) is 1. The van der Waals surface area contributed by atoms with Crippen LogP contribution in [0.1, 0.15) is 10.4 Å². The molecule has 0 atom stereocenters. The predicted molar refractivity (Wildman–Crippen MR) is 95.4 cm³/mol. The molecule has 5 nitrogen and oxygen atoms in total. The lowest BCUT2D eigenvalue weighted by Gasteiger charge is -2.13. The van der Waals surface area contributed by atoms with Crippen molar-refractivity contribution in [1.29, 1.82) is 0 Å². The molecule has 162 valence electrons. The van der Waals surface area contributed by atoms with Crippen molar-refractivity contribution in [2.24, 2.45) is 0 Å². The van der Waals surface area contributed by atoms with E-state index in [0.717, 1.165) is 36.5 Å². The molecule has 1 aromatic heterocycles. The van der Waals surface area contributed by atoms with Gasteiger partial charge in [-0.25, -0.2) is 4.79 Å². The summed E-state index contributed by atoms with van der Waals surface area (Å²) < 4.78 is 82.3. The summed E-state index contributed by atoms with van der Waals surface area (Å²) in [5.74, 6) is -2.49. The number of pyridine rings is 1. The summed E-state index contributed by atoms with van der Waals surface area (Å²) >= 11 is 0. The first-order valence-electron chi connectivity index (χ1n) is 8.37. The number of aromatic carboxylic acids is 1. The fourth-order valence-electron chi connectivity index (χ4n) is 2.73. The molecule has 0 fully saturated rings. The van der Waals surface area contributed by atoms with E-state index in [1.807, 2.05) is 0 Å². The van der Waals surface area contributed by atoms with Gasteiger partial charge in [-0.2, -0.15) is 0 Å². The maximum absolute atomic E-state index is 12.4. The van der Waals surface area contributed by atoms with Crippen LogP contribution in [0.4, 0.5) is 26.3 Å². The van der Waals surface area contributed by atoms with Crippen LogP contribution in [0.2, 0.25) is 0 Å². The molecule has 0 amide bonds. The number of halogens is 6. The molecule has 0 saturated carbocycles. The van der Waals surface area contributed by atoms with E-state index in [-0.39, 0.29) is 27.9 Å². The van der Waals surface area contributed by atoms with Gasteiger partial charge in [0.2, 0.25) is 0 Å². The minimum absolute atomic E-state index is 0.00780. The number of hydrogen-bond acceptors (Lipinski definition) is 4.